The number of hydrogen-bond donors (Lipinski definition) is 0. The highest BCUT2D eigenvalue weighted by Gasteiger charge is 2.33. The predicted molar refractivity (Wildman–Crippen MR) is 116 cm³/mol. The van der Waals surface area contributed by atoms with Crippen molar-refractivity contribution in [2.24, 2.45) is 0 Å². The van der Waals surface area contributed by atoms with Gasteiger partial charge < -0.3 is 14.4 Å². The van der Waals surface area contributed by atoms with Crippen LogP contribution in [-0.2, 0) is 11.0 Å². The third kappa shape index (κ3) is 4.98. The number of halogens is 4. The first kappa shape index (κ1) is 23.2. The third-order valence-corrected chi connectivity index (χ3v) is 6.73. The summed E-state index contributed by atoms with van der Waals surface area (Å²) < 4.78 is 40.6. The summed E-state index contributed by atoms with van der Waals surface area (Å²) in [6.07, 6.45) is -1.47. The molecule has 1 aliphatic carbocycles. The Morgan fingerprint density at radius 1 is 1.22 bits per heavy atom. The van der Waals surface area contributed by atoms with Crippen molar-refractivity contribution in [1.82, 2.24) is 24.6 Å². The highest BCUT2D eigenvalue weighted by molar-refractivity contribution is 7.99. The zero-order valence-corrected chi connectivity index (χ0v) is 19.3. The van der Waals surface area contributed by atoms with E-state index in [-0.39, 0.29) is 22.6 Å². The maximum Gasteiger partial charge on any atom is 0.417 e. The van der Waals surface area contributed by atoms with Crippen molar-refractivity contribution in [2.45, 2.75) is 50.0 Å². The number of piperazine rings is 1. The van der Waals surface area contributed by atoms with Gasteiger partial charge >= 0.3 is 6.18 Å². The van der Waals surface area contributed by atoms with Gasteiger partial charge in [0.2, 0.25) is 5.91 Å². The summed E-state index contributed by atoms with van der Waals surface area (Å²) in [5.41, 5.74) is -0.878. The molecule has 32 heavy (non-hydrogen) atoms. The van der Waals surface area contributed by atoms with Gasteiger partial charge in [-0.05, 0) is 18.9 Å². The molecule has 3 heterocycles. The van der Waals surface area contributed by atoms with E-state index in [1.54, 1.807) is 9.80 Å². The van der Waals surface area contributed by atoms with Gasteiger partial charge in [-0.15, -0.1) is 10.2 Å². The van der Waals surface area contributed by atoms with Crippen LogP contribution in [-0.4, -0.2) is 62.5 Å². The van der Waals surface area contributed by atoms with Gasteiger partial charge in [0.15, 0.2) is 5.16 Å². The molecule has 2 aromatic heterocycles. The Morgan fingerprint density at radius 2 is 1.91 bits per heavy atom. The number of alkyl halides is 3. The van der Waals surface area contributed by atoms with Crippen molar-refractivity contribution in [3.05, 3.63) is 28.7 Å². The van der Waals surface area contributed by atoms with E-state index in [0.717, 1.165) is 36.1 Å². The number of amides is 1. The molecule has 174 valence electrons. The number of hydrogen-bond acceptors (Lipinski definition) is 6. The number of anilines is 1. The zero-order valence-electron chi connectivity index (χ0n) is 17.8. The van der Waals surface area contributed by atoms with E-state index in [9.17, 15) is 18.0 Å². The second kappa shape index (κ2) is 9.09. The Hall–Kier alpha value is -2.01. The van der Waals surface area contributed by atoms with Crippen LogP contribution >= 0.6 is 23.4 Å². The van der Waals surface area contributed by atoms with Crippen LogP contribution in [0.15, 0.2) is 17.4 Å². The average Bonchev–Trinajstić information content (AvgIpc) is 3.49. The van der Waals surface area contributed by atoms with Gasteiger partial charge in [-0.1, -0.05) is 37.2 Å². The molecule has 7 nitrogen and oxygen atoms in total. The summed E-state index contributed by atoms with van der Waals surface area (Å²) in [7, 11) is 0. The number of pyridine rings is 1. The minimum atomic E-state index is -4.49. The van der Waals surface area contributed by atoms with Gasteiger partial charge in [0.25, 0.3) is 0 Å². The number of carbonyl (C=O) groups excluding carboxylic acids is 1. The molecule has 2 aliphatic rings. The van der Waals surface area contributed by atoms with E-state index in [1.807, 2.05) is 0 Å². The van der Waals surface area contributed by atoms with Crippen molar-refractivity contribution in [1.29, 1.82) is 0 Å². The molecule has 0 N–H and O–H groups in total. The van der Waals surface area contributed by atoms with Crippen molar-refractivity contribution in [2.75, 3.05) is 36.8 Å². The van der Waals surface area contributed by atoms with Crippen LogP contribution in [0.2, 0.25) is 5.02 Å². The second-order valence-corrected chi connectivity index (χ2v) is 9.63. The Labute approximate surface area is 193 Å². The van der Waals surface area contributed by atoms with Gasteiger partial charge in [-0.3, -0.25) is 4.79 Å². The quantitative estimate of drug-likeness (QED) is 0.566. The summed E-state index contributed by atoms with van der Waals surface area (Å²) in [6.45, 7) is 5.96. The first-order valence-electron chi connectivity index (χ1n) is 10.5. The fourth-order valence-electron chi connectivity index (χ4n) is 3.66. The lowest BCUT2D eigenvalue weighted by molar-refractivity contribution is -0.137. The molecule has 0 radical (unpaired) electrons. The maximum absolute atomic E-state index is 12.8. The minimum Gasteiger partial charge on any atom is -0.352 e. The maximum atomic E-state index is 12.8. The van der Waals surface area contributed by atoms with Crippen LogP contribution in [0.4, 0.5) is 19.0 Å². The van der Waals surface area contributed by atoms with Crippen molar-refractivity contribution in [3.63, 3.8) is 0 Å². The summed E-state index contributed by atoms with van der Waals surface area (Å²) in [6, 6.07) is 1.32. The number of thioether (sulfide) groups is 1. The lowest BCUT2D eigenvalue weighted by atomic mass is 10.2. The molecule has 2 aromatic rings. The van der Waals surface area contributed by atoms with E-state index in [2.05, 4.69) is 33.6 Å². The summed E-state index contributed by atoms with van der Waals surface area (Å²) in [5.74, 6) is 1.80. The molecular weight excluding hydrogens is 465 g/mol. The molecule has 1 saturated carbocycles. The van der Waals surface area contributed by atoms with Gasteiger partial charge in [0, 0.05) is 44.3 Å². The topological polar surface area (TPSA) is 67.2 Å². The highest BCUT2D eigenvalue weighted by atomic mass is 35.5. The molecule has 0 unspecified atom stereocenters. The smallest absolute Gasteiger partial charge is 0.352 e. The fraction of sp³-hybridized carbons (Fsp3) is 0.600. The Morgan fingerprint density at radius 3 is 2.47 bits per heavy atom. The largest absolute Gasteiger partial charge is 0.417 e. The van der Waals surface area contributed by atoms with E-state index in [0.29, 0.717) is 38.0 Å². The Bertz CT molecular complexity index is 986. The third-order valence-electron chi connectivity index (χ3n) is 5.53. The van der Waals surface area contributed by atoms with E-state index < -0.39 is 11.7 Å². The standard InChI is InChI=1S/C20H24ClF3N6OS/c1-12(2)17-26-27-19(30(17)14-3-4-14)32-11-16(31)28-5-7-29(8-6-28)18-15(21)9-13(10-25-18)20(22,23)24/h9-10,12,14H,3-8,11H2,1-2H3. The van der Waals surface area contributed by atoms with Gasteiger partial charge in [0.1, 0.15) is 11.6 Å². The first-order chi connectivity index (χ1) is 15.1. The molecule has 2 fully saturated rings. The molecule has 12 heteroatoms. The molecule has 4 rings (SSSR count). The SMILES string of the molecule is CC(C)c1nnc(SCC(=O)N2CCN(c3ncc(C(F)(F)F)cc3Cl)CC2)n1C1CC1. The lowest BCUT2D eigenvalue weighted by Gasteiger charge is -2.35. The molecule has 0 spiro atoms. The van der Waals surface area contributed by atoms with Crippen LogP contribution in [0.25, 0.3) is 0 Å². The molecule has 1 amide bonds. The molecule has 1 saturated heterocycles. The minimum absolute atomic E-state index is 0.00225. The first-order valence-corrected chi connectivity index (χ1v) is 11.8. The average molecular weight is 489 g/mol. The number of rotatable bonds is 6. The second-order valence-electron chi connectivity index (χ2n) is 8.28. The zero-order chi connectivity index (χ0) is 23.0. The van der Waals surface area contributed by atoms with Crippen LogP contribution in [0, 0.1) is 0 Å². The monoisotopic (exact) mass is 488 g/mol. The van der Waals surface area contributed by atoms with Crippen molar-refractivity contribution < 1.29 is 18.0 Å². The molecular formula is C20H24ClF3N6OS. The van der Waals surface area contributed by atoms with E-state index >= 15 is 0 Å². The number of carbonyl (C=O) groups is 1. The summed E-state index contributed by atoms with van der Waals surface area (Å²) in [4.78, 5) is 20.2. The number of aromatic nitrogens is 4. The van der Waals surface area contributed by atoms with E-state index in [1.165, 1.54) is 11.8 Å². The highest BCUT2D eigenvalue weighted by Crippen LogP contribution is 2.40. The predicted octanol–water partition coefficient (Wildman–Crippen LogP) is 4.24. The van der Waals surface area contributed by atoms with Crippen LogP contribution in [0.5, 0.6) is 0 Å². The van der Waals surface area contributed by atoms with Crippen molar-refractivity contribution >= 4 is 35.1 Å². The fourth-order valence-corrected chi connectivity index (χ4v) is 4.86. The summed E-state index contributed by atoms with van der Waals surface area (Å²) in [5, 5.41) is 9.34. The van der Waals surface area contributed by atoms with Gasteiger partial charge in [-0.25, -0.2) is 4.98 Å². The lowest BCUT2D eigenvalue weighted by Crippen LogP contribution is -2.49. The van der Waals surface area contributed by atoms with E-state index in [4.69, 9.17) is 11.6 Å². The molecule has 1 aliphatic heterocycles. The molecule has 0 atom stereocenters. The van der Waals surface area contributed by atoms with Crippen molar-refractivity contribution in [3.8, 4) is 0 Å². The van der Waals surface area contributed by atoms with Crippen LogP contribution in [0.1, 0.15) is 50.0 Å². The summed E-state index contributed by atoms with van der Waals surface area (Å²) >= 11 is 7.46. The van der Waals surface area contributed by atoms with Gasteiger partial charge in [0.05, 0.1) is 16.3 Å². The molecule has 0 aromatic carbocycles. The number of nitrogens with zero attached hydrogens (tertiary/aromatic N) is 6. The Kier molecular flexibility index (Phi) is 6.58. The normalized spacial score (nSPS) is 17.3. The van der Waals surface area contributed by atoms with Gasteiger partial charge in [-0.2, -0.15) is 13.2 Å². The Balaban J connectivity index is 1.33. The molecule has 0 bridgehead atoms. The van der Waals surface area contributed by atoms with Crippen LogP contribution in [0.3, 0.4) is 0 Å². The van der Waals surface area contributed by atoms with Crippen LogP contribution < -0.4 is 4.90 Å².